The Bertz CT molecular complexity index is 128. The summed E-state index contributed by atoms with van der Waals surface area (Å²) in [6.07, 6.45) is 1.28. The molecule has 0 N–H and O–H groups in total. The third kappa shape index (κ3) is 7.02. The minimum Gasteiger partial charge on any atom is -0.153 e. The van der Waals surface area contributed by atoms with Gasteiger partial charge in [-0.25, -0.2) is 0 Å². The molecule has 0 aliphatic heterocycles. The second-order valence-electron chi connectivity index (χ2n) is 5.66. The Labute approximate surface area is 82.5 Å². The number of rotatable bonds is 3. The van der Waals surface area contributed by atoms with Gasteiger partial charge in [0, 0.05) is 4.75 Å². The Morgan fingerprint density at radius 1 is 1.00 bits per heavy atom. The highest BCUT2D eigenvalue weighted by Gasteiger charge is 2.26. The van der Waals surface area contributed by atoms with E-state index in [9.17, 15) is 0 Å². The standard InChI is InChI=1S/C11H24S/c1-9(2)12-11(6,7)8-10(3,4)5/h9H,8H2,1-7H3. The maximum Gasteiger partial charge on any atom is 0.0111 e. The number of hydrogen-bond donors (Lipinski definition) is 0. The van der Waals surface area contributed by atoms with E-state index in [0.717, 1.165) is 5.25 Å². The van der Waals surface area contributed by atoms with Crippen LogP contribution in [0.4, 0.5) is 0 Å². The van der Waals surface area contributed by atoms with Gasteiger partial charge in [0.1, 0.15) is 0 Å². The highest BCUT2D eigenvalue weighted by molar-refractivity contribution is 8.01. The van der Waals surface area contributed by atoms with Gasteiger partial charge < -0.3 is 0 Å². The highest BCUT2D eigenvalue weighted by Crippen LogP contribution is 2.38. The van der Waals surface area contributed by atoms with Crippen LogP contribution >= 0.6 is 11.8 Å². The fourth-order valence-corrected chi connectivity index (χ4v) is 3.75. The van der Waals surface area contributed by atoms with Crippen LogP contribution in [0.25, 0.3) is 0 Å². The van der Waals surface area contributed by atoms with Crippen molar-refractivity contribution in [1.82, 2.24) is 0 Å². The molecule has 0 aromatic rings. The van der Waals surface area contributed by atoms with Gasteiger partial charge in [0.25, 0.3) is 0 Å². The number of thioether (sulfide) groups is 1. The van der Waals surface area contributed by atoms with Crippen LogP contribution < -0.4 is 0 Å². The van der Waals surface area contributed by atoms with Gasteiger partial charge in [-0.05, 0) is 17.1 Å². The smallest absolute Gasteiger partial charge is 0.0111 e. The Hall–Kier alpha value is 0.350. The average Bonchev–Trinajstić information content (AvgIpc) is 1.48. The molecule has 0 aliphatic carbocycles. The first-order valence-corrected chi connectivity index (χ1v) is 5.68. The van der Waals surface area contributed by atoms with Crippen molar-refractivity contribution < 1.29 is 0 Å². The zero-order chi connectivity index (χ0) is 9.99. The van der Waals surface area contributed by atoms with E-state index in [4.69, 9.17) is 0 Å². The zero-order valence-electron chi connectivity index (χ0n) is 9.69. The molecule has 0 aromatic heterocycles. The lowest BCUT2D eigenvalue weighted by Crippen LogP contribution is -2.25. The molecular formula is C11H24S. The second-order valence-corrected chi connectivity index (χ2v) is 7.95. The number of hydrogen-bond acceptors (Lipinski definition) is 1. The molecule has 0 bridgehead atoms. The van der Waals surface area contributed by atoms with E-state index >= 15 is 0 Å². The van der Waals surface area contributed by atoms with Gasteiger partial charge in [0.2, 0.25) is 0 Å². The van der Waals surface area contributed by atoms with Crippen LogP contribution in [0.15, 0.2) is 0 Å². The SMILES string of the molecule is CC(C)SC(C)(C)CC(C)(C)C. The van der Waals surface area contributed by atoms with Crippen molar-refractivity contribution in [3.63, 3.8) is 0 Å². The molecule has 1 heteroatoms. The van der Waals surface area contributed by atoms with Gasteiger partial charge in [-0.3, -0.25) is 0 Å². The van der Waals surface area contributed by atoms with Crippen molar-refractivity contribution in [1.29, 1.82) is 0 Å². The van der Waals surface area contributed by atoms with E-state index in [1.807, 2.05) is 0 Å². The molecule has 74 valence electrons. The second kappa shape index (κ2) is 4.04. The maximum atomic E-state index is 2.35. The molecular weight excluding hydrogens is 164 g/mol. The van der Waals surface area contributed by atoms with Gasteiger partial charge >= 0.3 is 0 Å². The Balaban J connectivity index is 4.04. The van der Waals surface area contributed by atoms with E-state index in [1.165, 1.54) is 6.42 Å². The van der Waals surface area contributed by atoms with Gasteiger partial charge in [-0.1, -0.05) is 48.5 Å². The van der Waals surface area contributed by atoms with Crippen molar-refractivity contribution in [3.05, 3.63) is 0 Å². The maximum absolute atomic E-state index is 2.35. The van der Waals surface area contributed by atoms with E-state index < -0.39 is 0 Å². The van der Waals surface area contributed by atoms with Crippen LogP contribution in [0.1, 0.15) is 54.9 Å². The van der Waals surface area contributed by atoms with E-state index in [0.29, 0.717) is 10.2 Å². The van der Waals surface area contributed by atoms with Crippen LogP contribution in [-0.2, 0) is 0 Å². The third-order valence-electron chi connectivity index (χ3n) is 1.51. The van der Waals surface area contributed by atoms with Crippen molar-refractivity contribution in [2.24, 2.45) is 5.41 Å². The van der Waals surface area contributed by atoms with E-state index in [2.05, 4.69) is 60.2 Å². The summed E-state index contributed by atoms with van der Waals surface area (Å²) in [5.41, 5.74) is 0.450. The molecule has 0 amide bonds. The van der Waals surface area contributed by atoms with Crippen molar-refractivity contribution >= 4 is 11.8 Å². The van der Waals surface area contributed by atoms with Gasteiger partial charge in [-0.15, -0.1) is 0 Å². The van der Waals surface area contributed by atoms with Crippen LogP contribution in [0.5, 0.6) is 0 Å². The highest BCUT2D eigenvalue weighted by atomic mass is 32.2. The largest absolute Gasteiger partial charge is 0.153 e. The lowest BCUT2D eigenvalue weighted by molar-refractivity contribution is 0.339. The van der Waals surface area contributed by atoms with Crippen molar-refractivity contribution in [2.75, 3.05) is 0 Å². The van der Waals surface area contributed by atoms with Gasteiger partial charge in [0.05, 0.1) is 0 Å². The molecule has 0 aromatic carbocycles. The van der Waals surface area contributed by atoms with Crippen LogP contribution in [0.2, 0.25) is 0 Å². The molecule has 12 heavy (non-hydrogen) atoms. The molecule has 0 rings (SSSR count). The summed E-state index contributed by atoms with van der Waals surface area (Å²) in [5.74, 6) is 0. The molecule has 0 radical (unpaired) electrons. The quantitative estimate of drug-likeness (QED) is 0.635. The lowest BCUT2D eigenvalue weighted by Gasteiger charge is -2.33. The summed E-state index contributed by atoms with van der Waals surface area (Å²) in [4.78, 5) is 0. The Morgan fingerprint density at radius 3 is 1.67 bits per heavy atom. The molecule has 0 fully saturated rings. The average molecular weight is 188 g/mol. The van der Waals surface area contributed by atoms with Crippen molar-refractivity contribution in [3.8, 4) is 0 Å². The normalized spacial score (nSPS) is 14.0. The summed E-state index contributed by atoms with van der Waals surface area (Å²) in [5, 5.41) is 0.738. The summed E-state index contributed by atoms with van der Waals surface area (Å²) in [6.45, 7) is 16.2. The molecule has 0 unspecified atom stereocenters. The first kappa shape index (κ1) is 12.3. The lowest BCUT2D eigenvalue weighted by atomic mass is 9.86. The third-order valence-corrected chi connectivity index (χ3v) is 2.76. The monoisotopic (exact) mass is 188 g/mol. The van der Waals surface area contributed by atoms with Crippen LogP contribution in [0.3, 0.4) is 0 Å². The van der Waals surface area contributed by atoms with E-state index in [-0.39, 0.29) is 0 Å². The first-order chi connectivity index (χ1) is 5.12. The summed E-state index contributed by atoms with van der Waals surface area (Å²) in [7, 11) is 0. The molecule has 0 nitrogen and oxygen atoms in total. The molecule has 0 atom stereocenters. The predicted octanol–water partition coefficient (Wildman–Crippen LogP) is 4.34. The predicted molar refractivity (Wildman–Crippen MR) is 60.9 cm³/mol. The molecule has 0 heterocycles. The van der Waals surface area contributed by atoms with Crippen LogP contribution in [0, 0.1) is 5.41 Å². The molecule has 0 saturated carbocycles. The zero-order valence-corrected chi connectivity index (χ0v) is 10.5. The Morgan fingerprint density at radius 2 is 1.42 bits per heavy atom. The fourth-order valence-electron chi connectivity index (χ4n) is 1.96. The summed E-state index contributed by atoms with van der Waals surface area (Å²) in [6, 6.07) is 0. The molecule has 0 spiro atoms. The minimum atomic E-state index is 0.423. The molecule has 0 saturated heterocycles. The van der Waals surface area contributed by atoms with E-state index in [1.54, 1.807) is 0 Å². The fraction of sp³-hybridized carbons (Fsp3) is 1.00. The van der Waals surface area contributed by atoms with Gasteiger partial charge in [-0.2, -0.15) is 11.8 Å². The summed E-state index contributed by atoms with van der Waals surface area (Å²) >= 11 is 2.08. The van der Waals surface area contributed by atoms with Crippen molar-refractivity contribution in [2.45, 2.75) is 64.9 Å². The minimum absolute atomic E-state index is 0.423. The molecule has 0 aliphatic rings. The van der Waals surface area contributed by atoms with Gasteiger partial charge in [0.15, 0.2) is 0 Å². The summed E-state index contributed by atoms with van der Waals surface area (Å²) < 4.78 is 0.423. The Kier molecular flexibility index (Phi) is 4.16. The first-order valence-electron chi connectivity index (χ1n) is 4.80. The van der Waals surface area contributed by atoms with Crippen LogP contribution in [-0.4, -0.2) is 10.00 Å². The topological polar surface area (TPSA) is 0 Å².